The van der Waals surface area contributed by atoms with Gasteiger partial charge in [-0.15, -0.1) is 0 Å². The zero-order valence-electron chi connectivity index (χ0n) is 13.9. The lowest BCUT2D eigenvalue weighted by Crippen LogP contribution is -2.34. The molecule has 0 spiro atoms. The molecule has 0 aliphatic carbocycles. The Balaban J connectivity index is 1.83. The number of benzene rings is 1. The summed E-state index contributed by atoms with van der Waals surface area (Å²) in [4.78, 5) is 18.5. The smallest absolute Gasteiger partial charge is 0.272 e. The monoisotopic (exact) mass is 347 g/mol. The quantitative estimate of drug-likeness (QED) is 0.740. The Labute approximate surface area is 150 Å². The zero-order chi connectivity index (χ0) is 18.4. The first-order chi connectivity index (χ1) is 12.7. The van der Waals surface area contributed by atoms with E-state index in [9.17, 15) is 9.90 Å². The van der Waals surface area contributed by atoms with Crippen LogP contribution >= 0.6 is 0 Å². The van der Waals surface area contributed by atoms with E-state index in [1.807, 2.05) is 36.4 Å². The summed E-state index contributed by atoms with van der Waals surface area (Å²) in [5.41, 5.74) is 1.53. The van der Waals surface area contributed by atoms with Crippen LogP contribution in [-0.2, 0) is 6.54 Å². The first kappa shape index (κ1) is 17.4. The summed E-state index contributed by atoms with van der Waals surface area (Å²) < 4.78 is 5.22. The lowest BCUT2D eigenvalue weighted by atomic mass is 10.1. The van der Waals surface area contributed by atoms with Crippen LogP contribution in [0.5, 0.6) is 0 Å². The molecule has 0 radical (unpaired) electrons. The second-order valence-electron chi connectivity index (χ2n) is 5.75. The number of carbonyl (C=O) groups is 1. The number of carbonyl (C=O) groups excluding carboxylic acids is 1. The number of rotatable bonds is 6. The van der Waals surface area contributed by atoms with Gasteiger partial charge in [0.15, 0.2) is 0 Å². The van der Waals surface area contributed by atoms with Gasteiger partial charge in [0.1, 0.15) is 23.6 Å². The van der Waals surface area contributed by atoms with Gasteiger partial charge >= 0.3 is 0 Å². The first-order valence-corrected chi connectivity index (χ1v) is 8.08. The van der Waals surface area contributed by atoms with Crippen LogP contribution in [0.4, 0.5) is 0 Å². The maximum atomic E-state index is 12.9. The Morgan fingerprint density at radius 2 is 2.00 bits per heavy atom. The van der Waals surface area contributed by atoms with Gasteiger partial charge in [-0.3, -0.25) is 4.79 Å². The van der Waals surface area contributed by atoms with Gasteiger partial charge in [-0.05, 0) is 29.8 Å². The van der Waals surface area contributed by atoms with E-state index in [1.165, 1.54) is 23.4 Å². The van der Waals surface area contributed by atoms with E-state index in [0.29, 0.717) is 17.9 Å². The minimum atomic E-state index is -0.948. The zero-order valence-corrected chi connectivity index (χ0v) is 13.9. The van der Waals surface area contributed by atoms with Crippen molar-refractivity contribution in [2.75, 3.05) is 6.54 Å². The molecule has 6 nitrogen and oxygen atoms in total. The number of furan rings is 1. The predicted molar refractivity (Wildman–Crippen MR) is 93.8 cm³/mol. The number of pyridine rings is 1. The fourth-order valence-electron chi connectivity index (χ4n) is 2.55. The molecule has 6 heteroatoms. The summed E-state index contributed by atoms with van der Waals surface area (Å²) in [5, 5.41) is 19.3. The van der Waals surface area contributed by atoms with Gasteiger partial charge in [0.2, 0.25) is 0 Å². The van der Waals surface area contributed by atoms with Crippen molar-refractivity contribution in [3.8, 4) is 6.07 Å². The van der Waals surface area contributed by atoms with Gasteiger partial charge in [0, 0.05) is 12.7 Å². The van der Waals surface area contributed by atoms with E-state index in [0.717, 1.165) is 5.56 Å². The lowest BCUT2D eigenvalue weighted by Gasteiger charge is -2.24. The fourth-order valence-corrected chi connectivity index (χ4v) is 2.55. The molecule has 1 N–H and O–H groups in total. The molecule has 3 aromatic rings. The number of nitrogens with zero attached hydrogens (tertiary/aromatic N) is 3. The SMILES string of the molecule is N#Cc1ccc(C(=O)N(Cc2ccccc2)C[C@@H](O)c2ccco2)nc1. The molecule has 130 valence electrons. The Morgan fingerprint density at radius 3 is 2.62 bits per heavy atom. The molecular weight excluding hydrogens is 330 g/mol. The van der Waals surface area contributed by atoms with Crippen molar-refractivity contribution in [2.45, 2.75) is 12.6 Å². The third-order valence-electron chi connectivity index (χ3n) is 3.88. The summed E-state index contributed by atoms with van der Waals surface area (Å²) in [5.74, 6) is 0.0626. The summed E-state index contributed by atoms with van der Waals surface area (Å²) in [6.07, 6.45) is 1.89. The number of hydrogen-bond donors (Lipinski definition) is 1. The Kier molecular flexibility index (Phi) is 5.42. The predicted octanol–water partition coefficient (Wildman–Crippen LogP) is 2.92. The summed E-state index contributed by atoms with van der Waals surface area (Å²) in [7, 11) is 0. The van der Waals surface area contributed by atoms with Crippen LogP contribution < -0.4 is 0 Å². The molecule has 1 amide bonds. The van der Waals surface area contributed by atoms with Crippen LogP contribution in [0.2, 0.25) is 0 Å². The number of nitriles is 1. The van der Waals surface area contributed by atoms with Crippen LogP contribution in [-0.4, -0.2) is 27.4 Å². The van der Waals surface area contributed by atoms with E-state index in [1.54, 1.807) is 18.2 Å². The Morgan fingerprint density at radius 1 is 1.19 bits per heavy atom. The van der Waals surface area contributed by atoms with Crippen molar-refractivity contribution >= 4 is 5.91 Å². The lowest BCUT2D eigenvalue weighted by molar-refractivity contribution is 0.0558. The Bertz CT molecular complexity index is 884. The average Bonchev–Trinajstić information content (AvgIpc) is 3.23. The van der Waals surface area contributed by atoms with Gasteiger partial charge in [0.05, 0.1) is 18.4 Å². The molecule has 3 rings (SSSR count). The van der Waals surface area contributed by atoms with Crippen molar-refractivity contribution in [1.29, 1.82) is 5.26 Å². The molecule has 0 bridgehead atoms. The molecule has 0 saturated heterocycles. The largest absolute Gasteiger partial charge is 0.467 e. The number of aliphatic hydroxyl groups is 1. The molecule has 0 aliphatic rings. The third kappa shape index (κ3) is 4.15. The minimum Gasteiger partial charge on any atom is -0.467 e. The average molecular weight is 347 g/mol. The van der Waals surface area contributed by atoms with E-state index in [-0.39, 0.29) is 18.1 Å². The summed E-state index contributed by atoms with van der Waals surface area (Å²) >= 11 is 0. The molecule has 26 heavy (non-hydrogen) atoms. The second-order valence-corrected chi connectivity index (χ2v) is 5.75. The van der Waals surface area contributed by atoms with Gasteiger partial charge in [-0.1, -0.05) is 30.3 Å². The molecule has 0 fully saturated rings. The molecule has 0 saturated carbocycles. The van der Waals surface area contributed by atoms with Crippen LogP contribution in [0.3, 0.4) is 0 Å². The summed E-state index contributed by atoms with van der Waals surface area (Å²) in [6.45, 7) is 0.377. The standard InChI is InChI=1S/C20H17N3O3/c21-11-16-8-9-17(22-12-16)20(25)23(13-15-5-2-1-3-6-15)14-18(24)19-7-4-10-26-19/h1-10,12,18,24H,13-14H2/t18-/m1/s1. The van der Waals surface area contributed by atoms with Crippen molar-refractivity contribution in [3.63, 3.8) is 0 Å². The molecule has 2 heterocycles. The highest BCUT2D eigenvalue weighted by atomic mass is 16.4. The Hall–Kier alpha value is -3.43. The summed E-state index contributed by atoms with van der Waals surface area (Å²) in [6, 6.07) is 17.9. The fraction of sp³-hybridized carbons (Fsp3) is 0.150. The van der Waals surface area contributed by atoms with Crippen molar-refractivity contribution < 1.29 is 14.3 Å². The maximum Gasteiger partial charge on any atom is 0.272 e. The van der Waals surface area contributed by atoms with Gasteiger partial charge in [-0.25, -0.2) is 4.98 Å². The molecule has 2 aromatic heterocycles. The number of aliphatic hydroxyl groups excluding tert-OH is 1. The van der Waals surface area contributed by atoms with Crippen molar-refractivity contribution in [3.05, 3.63) is 89.6 Å². The van der Waals surface area contributed by atoms with Crippen LogP contribution in [0.15, 0.2) is 71.5 Å². The van der Waals surface area contributed by atoms with Gasteiger partial charge in [-0.2, -0.15) is 5.26 Å². The highest BCUT2D eigenvalue weighted by Gasteiger charge is 2.22. The normalized spacial score (nSPS) is 11.5. The van der Waals surface area contributed by atoms with Crippen molar-refractivity contribution in [2.24, 2.45) is 0 Å². The molecule has 0 aliphatic heterocycles. The number of amides is 1. The van der Waals surface area contributed by atoms with E-state index in [4.69, 9.17) is 9.68 Å². The molecule has 1 atom stereocenters. The van der Waals surface area contributed by atoms with Crippen LogP contribution in [0.25, 0.3) is 0 Å². The first-order valence-electron chi connectivity index (χ1n) is 8.08. The highest BCUT2D eigenvalue weighted by Crippen LogP contribution is 2.18. The molecule has 0 unspecified atom stereocenters. The van der Waals surface area contributed by atoms with E-state index < -0.39 is 6.10 Å². The van der Waals surface area contributed by atoms with Crippen LogP contribution in [0.1, 0.15) is 33.5 Å². The third-order valence-corrected chi connectivity index (χ3v) is 3.88. The molecule has 1 aromatic carbocycles. The van der Waals surface area contributed by atoms with Crippen molar-refractivity contribution in [1.82, 2.24) is 9.88 Å². The number of hydrogen-bond acceptors (Lipinski definition) is 5. The van der Waals surface area contributed by atoms with E-state index in [2.05, 4.69) is 4.98 Å². The van der Waals surface area contributed by atoms with Gasteiger partial charge in [0.25, 0.3) is 5.91 Å². The highest BCUT2D eigenvalue weighted by molar-refractivity contribution is 5.92. The van der Waals surface area contributed by atoms with E-state index >= 15 is 0 Å². The second kappa shape index (κ2) is 8.10. The molecular formula is C20H17N3O3. The van der Waals surface area contributed by atoms with Crippen LogP contribution in [0, 0.1) is 11.3 Å². The maximum absolute atomic E-state index is 12.9. The van der Waals surface area contributed by atoms with Gasteiger partial charge < -0.3 is 14.4 Å². The topological polar surface area (TPSA) is 90.4 Å². The number of aromatic nitrogens is 1. The minimum absolute atomic E-state index is 0.0585.